The first-order valence-electron chi connectivity index (χ1n) is 12.4. The molecule has 3 heterocycles. The number of furan rings is 1. The van der Waals surface area contributed by atoms with Gasteiger partial charge in [-0.05, 0) is 37.2 Å². The molecule has 4 fully saturated rings. The van der Waals surface area contributed by atoms with E-state index in [1.807, 2.05) is 6.92 Å². The van der Waals surface area contributed by atoms with Crippen LogP contribution in [-0.2, 0) is 42.9 Å². The van der Waals surface area contributed by atoms with Gasteiger partial charge in [-0.25, -0.2) is 0 Å². The SMILES string of the molecule is CC(=O)OCC12C(OC(C)=O)C[C@@H](C)C3(CC(c4ccoc4)OC3=O)C1CCC(OC(C)=O)C21CO1. The van der Waals surface area contributed by atoms with E-state index in [1.165, 1.54) is 27.0 Å². The van der Waals surface area contributed by atoms with E-state index in [0.29, 0.717) is 25.7 Å². The van der Waals surface area contributed by atoms with Crippen molar-refractivity contribution >= 4 is 23.9 Å². The Kier molecular flexibility index (Phi) is 5.93. The molecule has 36 heavy (non-hydrogen) atoms. The highest BCUT2D eigenvalue weighted by Crippen LogP contribution is 2.71. The molecule has 2 aliphatic carbocycles. The summed E-state index contributed by atoms with van der Waals surface area (Å²) in [4.78, 5) is 50.2. The standard InChI is InChI=1S/C26H32O10/c1-14-9-22(35-17(4)29)25(12-32-15(2)27)20(5-6-21(34-16(3)28)26(25)13-33-26)24(14)10-19(36-23(24)30)18-7-8-31-11-18/h7-8,11,14,19-22H,5-6,9-10,12-13H2,1-4H3/t14-,19?,20?,21?,22?,24?,25?,26?/m1/s1. The van der Waals surface area contributed by atoms with E-state index < -0.39 is 58.6 Å². The van der Waals surface area contributed by atoms with Crippen molar-refractivity contribution in [3.63, 3.8) is 0 Å². The molecule has 10 heteroatoms. The third-order valence-electron chi connectivity index (χ3n) is 8.94. The summed E-state index contributed by atoms with van der Waals surface area (Å²) in [7, 11) is 0. The van der Waals surface area contributed by atoms with Gasteiger partial charge in [0.25, 0.3) is 0 Å². The van der Waals surface area contributed by atoms with Crippen LogP contribution in [0.4, 0.5) is 0 Å². The van der Waals surface area contributed by atoms with Gasteiger partial charge in [0, 0.05) is 32.8 Å². The molecule has 10 nitrogen and oxygen atoms in total. The predicted molar refractivity (Wildman–Crippen MR) is 120 cm³/mol. The van der Waals surface area contributed by atoms with Gasteiger partial charge in [0.1, 0.15) is 30.5 Å². The number of hydrogen-bond donors (Lipinski definition) is 0. The highest BCUT2D eigenvalue weighted by atomic mass is 16.6. The smallest absolute Gasteiger partial charge is 0.313 e. The van der Waals surface area contributed by atoms with Crippen molar-refractivity contribution in [3.8, 4) is 0 Å². The fourth-order valence-electron chi connectivity index (χ4n) is 7.48. The van der Waals surface area contributed by atoms with Crippen LogP contribution in [0.3, 0.4) is 0 Å². The molecule has 0 bridgehead atoms. The van der Waals surface area contributed by atoms with Crippen molar-refractivity contribution in [3.05, 3.63) is 24.2 Å². The van der Waals surface area contributed by atoms with Crippen LogP contribution in [0.25, 0.3) is 0 Å². The lowest BCUT2D eigenvalue weighted by Gasteiger charge is -2.62. The van der Waals surface area contributed by atoms with E-state index in [1.54, 1.807) is 12.3 Å². The first kappa shape index (κ1) is 24.8. The topological polar surface area (TPSA) is 131 Å². The summed E-state index contributed by atoms with van der Waals surface area (Å²) < 4.78 is 34.6. The minimum absolute atomic E-state index is 0.138. The van der Waals surface area contributed by atoms with Crippen LogP contribution in [-0.4, -0.2) is 54.9 Å². The number of ether oxygens (including phenoxy) is 5. The van der Waals surface area contributed by atoms with Crippen LogP contribution in [0, 0.1) is 22.7 Å². The second kappa shape index (κ2) is 8.61. The molecule has 2 saturated heterocycles. The van der Waals surface area contributed by atoms with Crippen LogP contribution in [0.2, 0.25) is 0 Å². The summed E-state index contributed by atoms with van der Waals surface area (Å²) in [6.45, 7) is 6.03. The lowest BCUT2D eigenvalue weighted by Crippen LogP contribution is -2.71. The van der Waals surface area contributed by atoms with Gasteiger partial charge in [0.15, 0.2) is 0 Å². The molecule has 2 spiro atoms. The summed E-state index contributed by atoms with van der Waals surface area (Å²) in [5, 5.41) is 0. The molecule has 1 aromatic rings. The van der Waals surface area contributed by atoms with Gasteiger partial charge < -0.3 is 28.1 Å². The summed E-state index contributed by atoms with van der Waals surface area (Å²) in [6.07, 6.45) is 2.93. The third kappa shape index (κ3) is 3.48. The predicted octanol–water partition coefficient (Wildman–Crippen LogP) is 2.89. The maximum Gasteiger partial charge on any atom is 0.313 e. The van der Waals surface area contributed by atoms with E-state index in [2.05, 4.69) is 0 Å². The minimum Gasteiger partial charge on any atom is -0.472 e. The number of rotatable bonds is 5. The normalized spacial score (nSPS) is 40.9. The highest BCUT2D eigenvalue weighted by Gasteiger charge is 2.81. The van der Waals surface area contributed by atoms with E-state index in [9.17, 15) is 19.2 Å². The Morgan fingerprint density at radius 3 is 2.33 bits per heavy atom. The van der Waals surface area contributed by atoms with Gasteiger partial charge in [-0.3, -0.25) is 19.2 Å². The molecule has 1 aromatic heterocycles. The van der Waals surface area contributed by atoms with Crippen LogP contribution >= 0.6 is 0 Å². The van der Waals surface area contributed by atoms with Crippen molar-refractivity contribution < 1.29 is 47.3 Å². The van der Waals surface area contributed by atoms with Gasteiger partial charge in [-0.2, -0.15) is 0 Å². The number of carbonyl (C=O) groups excluding carboxylic acids is 4. The fourth-order valence-corrected chi connectivity index (χ4v) is 7.48. The first-order chi connectivity index (χ1) is 17.1. The Labute approximate surface area is 208 Å². The zero-order chi connectivity index (χ0) is 25.9. The van der Waals surface area contributed by atoms with Gasteiger partial charge in [-0.1, -0.05) is 6.92 Å². The van der Waals surface area contributed by atoms with Crippen LogP contribution in [0.15, 0.2) is 23.0 Å². The third-order valence-corrected chi connectivity index (χ3v) is 8.94. The Morgan fingerprint density at radius 1 is 1.06 bits per heavy atom. The molecule has 5 rings (SSSR count). The van der Waals surface area contributed by atoms with Crippen molar-refractivity contribution in [1.29, 1.82) is 0 Å². The van der Waals surface area contributed by atoms with E-state index in [-0.39, 0.29) is 25.1 Å². The lowest BCUT2D eigenvalue weighted by molar-refractivity contribution is -0.247. The number of epoxide rings is 1. The Balaban J connectivity index is 1.65. The molecule has 8 atom stereocenters. The van der Waals surface area contributed by atoms with Gasteiger partial charge in [-0.15, -0.1) is 0 Å². The molecule has 0 radical (unpaired) electrons. The molecule has 0 amide bonds. The zero-order valence-corrected chi connectivity index (χ0v) is 20.9. The van der Waals surface area contributed by atoms with Crippen molar-refractivity contribution in [1.82, 2.24) is 0 Å². The molecule has 196 valence electrons. The van der Waals surface area contributed by atoms with E-state index in [0.717, 1.165) is 5.56 Å². The number of cyclic esters (lactones) is 1. The monoisotopic (exact) mass is 504 g/mol. The summed E-state index contributed by atoms with van der Waals surface area (Å²) in [6, 6.07) is 1.78. The molecule has 7 unspecified atom stereocenters. The zero-order valence-electron chi connectivity index (χ0n) is 20.9. The molecule has 4 aliphatic rings. The van der Waals surface area contributed by atoms with Gasteiger partial charge >= 0.3 is 23.9 Å². The number of hydrogen-bond acceptors (Lipinski definition) is 10. The van der Waals surface area contributed by atoms with Crippen LogP contribution in [0.5, 0.6) is 0 Å². The quantitative estimate of drug-likeness (QED) is 0.335. The van der Waals surface area contributed by atoms with Gasteiger partial charge in [0.2, 0.25) is 0 Å². The number of carbonyl (C=O) groups is 4. The molecule has 0 aromatic carbocycles. The summed E-state index contributed by atoms with van der Waals surface area (Å²) in [5.41, 5.74) is -2.34. The minimum atomic E-state index is -1.11. The molecular formula is C26H32O10. The average molecular weight is 505 g/mol. The van der Waals surface area contributed by atoms with Gasteiger partial charge in [0.05, 0.1) is 30.0 Å². The summed E-state index contributed by atoms with van der Waals surface area (Å²) in [5.74, 6) is -2.41. The second-order valence-electron chi connectivity index (χ2n) is 10.7. The first-order valence-corrected chi connectivity index (χ1v) is 12.4. The molecular weight excluding hydrogens is 472 g/mol. The maximum atomic E-state index is 13.8. The fraction of sp³-hybridized carbons (Fsp3) is 0.692. The summed E-state index contributed by atoms with van der Waals surface area (Å²) >= 11 is 0. The van der Waals surface area contributed by atoms with Crippen molar-refractivity contribution in [2.45, 2.75) is 77.3 Å². The second-order valence-corrected chi connectivity index (χ2v) is 10.7. The van der Waals surface area contributed by atoms with Crippen LogP contribution < -0.4 is 0 Å². The number of esters is 4. The van der Waals surface area contributed by atoms with E-state index >= 15 is 0 Å². The van der Waals surface area contributed by atoms with Crippen LogP contribution in [0.1, 0.15) is 65.0 Å². The average Bonchev–Trinajstić information content (AvgIpc) is 3.24. The lowest BCUT2D eigenvalue weighted by atomic mass is 9.42. The largest absolute Gasteiger partial charge is 0.472 e. The molecule has 2 saturated carbocycles. The van der Waals surface area contributed by atoms with Crippen molar-refractivity contribution in [2.24, 2.45) is 22.7 Å². The Morgan fingerprint density at radius 2 is 1.75 bits per heavy atom. The highest BCUT2D eigenvalue weighted by molar-refractivity contribution is 5.81. The number of fused-ring (bicyclic) bond motifs is 3. The Hall–Kier alpha value is -2.88. The Bertz CT molecular complexity index is 1060. The maximum absolute atomic E-state index is 13.8. The molecule has 0 N–H and O–H groups in total. The van der Waals surface area contributed by atoms with E-state index in [4.69, 9.17) is 28.1 Å². The van der Waals surface area contributed by atoms with Crippen molar-refractivity contribution in [2.75, 3.05) is 13.2 Å². The molecule has 2 aliphatic heterocycles.